The normalized spacial score (nSPS) is 16.5. The molecule has 1 N–H and O–H groups in total. The van der Waals surface area contributed by atoms with Crippen LogP contribution in [0.4, 0.5) is 5.69 Å². The summed E-state index contributed by atoms with van der Waals surface area (Å²) in [6.45, 7) is 14.1. The fourth-order valence-electron chi connectivity index (χ4n) is 4.94. The van der Waals surface area contributed by atoms with E-state index in [0.717, 1.165) is 38.9 Å². The largest absolute Gasteiger partial charge is 0.325 e. The number of carbonyl (C=O) groups excluding carboxylic acids is 1. The molecular formula is C30H36N2O3S. The fourth-order valence-corrected chi connectivity index (χ4v) is 7.08. The second-order valence-electron chi connectivity index (χ2n) is 10.9. The number of amides is 1. The summed E-state index contributed by atoms with van der Waals surface area (Å²) in [5.74, 6) is -0.323. The molecule has 0 saturated heterocycles. The maximum Gasteiger partial charge on any atom is 0.244 e. The predicted octanol–water partition coefficient (Wildman–Crippen LogP) is 5.97. The second-order valence-corrected chi connectivity index (χ2v) is 12.8. The van der Waals surface area contributed by atoms with Crippen LogP contribution in [0.2, 0.25) is 0 Å². The molecule has 1 atom stereocenters. The first-order chi connectivity index (χ1) is 16.8. The second kappa shape index (κ2) is 9.49. The van der Waals surface area contributed by atoms with Gasteiger partial charge in [-0.05, 0) is 90.6 Å². The molecule has 0 unspecified atom stereocenters. The number of rotatable bonds is 4. The minimum Gasteiger partial charge on any atom is -0.325 e. The Bertz CT molecular complexity index is 1390. The van der Waals surface area contributed by atoms with Crippen LogP contribution in [0.25, 0.3) is 0 Å². The maximum absolute atomic E-state index is 14.2. The first-order valence-corrected chi connectivity index (χ1v) is 13.8. The number of hydrogen-bond acceptors (Lipinski definition) is 3. The SMILES string of the molecule is Cc1cc(C)c(C)c(S(=O)(=O)N2Cc3ccccc3C[C@@H]2C(=O)Nc2ccc(C(C)(C)C)cc2)c1C. The first kappa shape index (κ1) is 26.1. The fraction of sp³-hybridized carbons (Fsp3) is 0.367. The molecule has 0 spiro atoms. The van der Waals surface area contributed by atoms with Crippen molar-refractivity contribution < 1.29 is 13.2 Å². The standard InChI is InChI=1S/C30H36N2O3S/c1-19-16-20(2)22(4)28(21(19)3)36(34,35)32-18-24-11-9-8-10-23(24)17-27(32)29(33)31-26-14-12-25(13-15-26)30(5,6)7/h8-16,27H,17-18H2,1-7H3,(H,31,33)/t27-/m1/s1. The molecule has 1 aliphatic heterocycles. The number of aryl methyl sites for hydroxylation is 2. The zero-order valence-electron chi connectivity index (χ0n) is 22.3. The Labute approximate surface area is 215 Å². The van der Waals surface area contributed by atoms with E-state index >= 15 is 0 Å². The molecule has 0 fully saturated rings. The molecule has 6 heteroatoms. The van der Waals surface area contributed by atoms with Crippen molar-refractivity contribution in [3.63, 3.8) is 0 Å². The summed E-state index contributed by atoms with van der Waals surface area (Å²) in [5, 5.41) is 2.98. The van der Waals surface area contributed by atoms with Crippen LogP contribution in [0.15, 0.2) is 59.5 Å². The van der Waals surface area contributed by atoms with Gasteiger partial charge in [0.15, 0.2) is 0 Å². The highest BCUT2D eigenvalue weighted by Crippen LogP contribution is 2.34. The third-order valence-corrected chi connectivity index (χ3v) is 9.52. The summed E-state index contributed by atoms with van der Waals surface area (Å²) in [6, 6.07) is 16.7. The molecule has 0 radical (unpaired) electrons. The van der Waals surface area contributed by atoms with E-state index in [9.17, 15) is 13.2 Å². The van der Waals surface area contributed by atoms with Gasteiger partial charge < -0.3 is 5.32 Å². The van der Waals surface area contributed by atoms with E-state index in [1.165, 1.54) is 4.31 Å². The first-order valence-electron chi connectivity index (χ1n) is 12.4. The Morgan fingerprint density at radius 1 is 0.889 bits per heavy atom. The van der Waals surface area contributed by atoms with Crippen LogP contribution in [0, 0.1) is 27.7 Å². The van der Waals surface area contributed by atoms with Gasteiger partial charge in [-0.1, -0.05) is 63.2 Å². The third-order valence-electron chi connectivity index (χ3n) is 7.39. The number of anilines is 1. The lowest BCUT2D eigenvalue weighted by Gasteiger charge is -2.36. The predicted molar refractivity (Wildman–Crippen MR) is 146 cm³/mol. The Kier molecular flexibility index (Phi) is 6.88. The molecule has 1 heterocycles. The van der Waals surface area contributed by atoms with E-state index in [1.54, 1.807) is 0 Å². The molecule has 4 rings (SSSR count). The van der Waals surface area contributed by atoms with E-state index in [1.807, 2.05) is 82.3 Å². The zero-order chi connectivity index (χ0) is 26.4. The van der Waals surface area contributed by atoms with E-state index in [-0.39, 0.29) is 17.9 Å². The molecule has 3 aromatic carbocycles. The van der Waals surface area contributed by atoms with Crippen LogP contribution in [0.5, 0.6) is 0 Å². The smallest absolute Gasteiger partial charge is 0.244 e. The Morgan fingerprint density at radius 2 is 1.44 bits per heavy atom. The van der Waals surface area contributed by atoms with E-state index < -0.39 is 16.1 Å². The molecule has 0 saturated carbocycles. The Balaban J connectivity index is 1.75. The number of sulfonamides is 1. The Hall–Kier alpha value is -2.96. The van der Waals surface area contributed by atoms with Gasteiger partial charge in [0.05, 0.1) is 4.90 Å². The van der Waals surface area contributed by atoms with Crippen LogP contribution in [-0.2, 0) is 33.2 Å². The van der Waals surface area contributed by atoms with Gasteiger partial charge in [0.25, 0.3) is 0 Å². The maximum atomic E-state index is 14.2. The summed E-state index contributed by atoms with van der Waals surface area (Å²) < 4.78 is 29.8. The molecular weight excluding hydrogens is 468 g/mol. The van der Waals surface area contributed by atoms with Crippen molar-refractivity contribution in [2.45, 2.75) is 77.8 Å². The van der Waals surface area contributed by atoms with E-state index in [2.05, 4.69) is 26.1 Å². The summed E-state index contributed by atoms with van der Waals surface area (Å²) in [6.07, 6.45) is 0.324. The topological polar surface area (TPSA) is 66.5 Å². The molecule has 0 bridgehead atoms. The van der Waals surface area contributed by atoms with Crippen LogP contribution < -0.4 is 5.32 Å². The van der Waals surface area contributed by atoms with Gasteiger partial charge in [-0.2, -0.15) is 4.31 Å². The lowest BCUT2D eigenvalue weighted by Crippen LogP contribution is -2.50. The van der Waals surface area contributed by atoms with Crippen molar-refractivity contribution in [3.8, 4) is 0 Å². The average molecular weight is 505 g/mol. The van der Waals surface area contributed by atoms with Crippen molar-refractivity contribution in [2.75, 3.05) is 5.32 Å². The van der Waals surface area contributed by atoms with Gasteiger partial charge in [0.2, 0.25) is 15.9 Å². The minimum absolute atomic E-state index is 0.00214. The summed E-state index contributed by atoms with van der Waals surface area (Å²) >= 11 is 0. The highest BCUT2D eigenvalue weighted by atomic mass is 32.2. The van der Waals surface area contributed by atoms with Crippen molar-refractivity contribution >= 4 is 21.6 Å². The summed E-state index contributed by atoms with van der Waals surface area (Å²) in [4.78, 5) is 13.9. The lowest BCUT2D eigenvalue weighted by molar-refractivity contribution is -0.120. The molecule has 36 heavy (non-hydrogen) atoms. The number of carbonyl (C=O) groups is 1. The highest BCUT2D eigenvalue weighted by Gasteiger charge is 2.41. The zero-order valence-corrected chi connectivity index (χ0v) is 23.1. The number of hydrogen-bond donors (Lipinski definition) is 1. The summed E-state index contributed by atoms with van der Waals surface area (Å²) in [5.41, 5.74) is 7.06. The van der Waals surface area contributed by atoms with Crippen LogP contribution in [-0.4, -0.2) is 24.7 Å². The molecule has 0 aliphatic carbocycles. The van der Waals surface area contributed by atoms with Crippen LogP contribution >= 0.6 is 0 Å². The number of benzene rings is 3. The van der Waals surface area contributed by atoms with Gasteiger partial charge in [-0.3, -0.25) is 4.79 Å². The lowest BCUT2D eigenvalue weighted by atomic mass is 9.87. The molecule has 5 nitrogen and oxygen atoms in total. The van der Waals surface area contributed by atoms with Gasteiger partial charge >= 0.3 is 0 Å². The number of nitrogens with zero attached hydrogens (tertiary/aromatic N) is 1. The average Bonchev–Trinajstić information content (AvgIpc) is 2.81. The molecule has 3 aromatic rings. The molecule has 1 amide bonds. The van der Waals surface area contributed by atoms with Crippen molar-refractivity contribution in [1.29, 1.82) is 0 Å². The van der Waals surface area contributed by atoms with Crippen LogP contribution in [0.1, 0.15) is 59.7 Å². The van der Waals surface area contributed by atoms with Crippen molar-refractivity contribution in [1.82, 2.24) is 4.31 Å². The quantitative estimate of drug-likeness (QED) is 0.476. The van der Waals surface area contributed by atoms with Gasteiger partial charge in [0, 0.05) is 12.2 Å². The van der Waals surface area contributed by atoms with Gasteiger partial charge in [-0.25, -0.2) is 8.42 Å². The monoisotopic (exact) mass is 504 g/mol. The number of fused-ring (bicyclic) bond motifs is 1. The van der Waals surface area contributed by atoms with Crippen LogP contribution in [0.3, 0.4) is 0 Å². The van der Waals surface area contributed by atoms with Gasteiger partial charge in [0.1, 0.15) is 6.04 Å². The number of nitrogens with one attached hydrogen (secondary N) is 1. The Morgan fingerprint density at radius 3 is 2.00 bits per heavy atom. The van der Waals surface area contributed by atoms with Crippen molar-refractivity contribution in [3.05, 3.63) is 93.5 Å². The molecule has 1 aliphatic rings. The minimum atomic E-state index is -3.95. The van der Waals surface area contributed by atoms with E-state index in [4.69, 9.17) is 0 Å². The third kappa shape index (κ3) is 4.84. The van der Waals surface area contributed by atoms with E-state index in [0.29, 0.717) is 17.0 Å². The molecule has 190 valence electrons. The molecule has 0 aromatic heterocycles. The van der Waals surface area contributed by atoms with Gasteiger partial charge in [-0.15, -0.1) is 0 Å². The van der Waals surface area contributed by atoms with Crippen molar-refractivity contribution in [2.24, 2.45) is 0 Å². The highest BCUT2D eigenvalue weighted by molar-refractivity contribution is 7.89. The summed E-state index contributed by atoms with van der Waals surface area (Å²) in [7, 11) is -3.95.